The molecule has 0 atom stereocenters. The molecule has 1 aromatic rings. The van der Waals surface area contributed by atoms with Crippen LogP contribution in [0.5, 0.6) is 0 Å². The van der Waals surface area contributed by atoms with Crippen molar-refractivity contribution < 1.29 is 8.23 Å². The van der Waals surface area contributed by atoms with Gasteiger partial charge in [-0.15, -0.1) is 0 Å². The molecule has 0 bridgehead atoms. The van der Waals surface area contributed by atoms with Crippen molar-refractivity contribution in [3.63, 3.8) is 0 Å². The van der Waals surface area contributed by atoms with Gasteiger partial charge in [0.15, 0.2) is 16.6 Å². The highest BCUT2D eigenvalue weighted by molar-refractivity contribution is 6.87. The summed E-state index contributed by atoms with van der Waals surface area (Å²) in [6.07, 6.45) is 0. The third-order valence-electron chi connectivity index (χ3n) is 5.65. The van der Waals surface area contributed by atoms with Crippen molar-refractivity contribution in [2.45, 2.75) is 77.8 Å². The van der Waals surface area contributed by atoms with Crippen LogP contribution < -0.4 is 5.19 Å². The predicted molar refractivity (Wildman–Crippen MR) is 110 cm³/mol. The molecule has 0 aliphatic heterocycles. The summed E-state index contributed by atoms with van der Waals surface area (Å²) >= 11 is 0. The maximum Gasteiger partial charge on any atom is 0.335 e. The molecule has 0 aliphatic carbocycles. The second-order valence-electron chi connectivity index (χ2n) is 6.47. The Morgan fingerprint density at radius 2 is 1.00 bits per heavy atom. The zero-order chi connectivity index (χ0) is 17.3. The minimum absolute atomic E-state index is 1.19. The minimum Gasteiger partial charge on any atom is -0.435 e. The van der Waals surface area contributed by atoms with Gasteiger partial charge in [-0.3, -0.25) is 0 Å². The van der Waals surface area contributed by atoms with Gasteiger partial charge in [0.05, 0.1) is 0 Å². The quantitative estimate of drug-likeness (QED) is 0.502. The molecule has 0 amide bonds. The van der Waals surface area contributed by atoms with Gasteiger partial charge >= 0.3 is 9.28 Å². The summed E-state index contributed by atoms with van der Waals surface area (Å²) in [5.41, 5.74) is 0. The molecule has 5 heteroatoms. The van der Waals surface area contributed by atoms with Gasteiger partial charge in [-0.1, -0.05) is 71.9 Å². The van der Waals surface area contributed by atoms with Crippen LogP contribution in [-0.4, -0.2) is 25.9 Å². The van der Waals surface area contributed by atoms with Gasteiger partial charge in [0, 0.05) is 0 Å². The topological polar surface area (TPSA) is 18.5 Å². The average Bonchev–Trinajstić information content (AvgIpc) is 2.64. The van der Waals surface area contributed by atoms with Crippen molar-refractivity contribution in [1.29, 1.82) is 0 Å². The lowest BCUT2D eigenvalue weighted by Gasteiger charge is -2.38. The fraction of sp³-hybridized carbons (Fsp3) is 0.667. The van der Waals surface area contributed by atoms with Crippen LogP contribution >= 0.6 is 0 Å². The molecule has 0 aliphatic rings. The Morgan fingerprint density at radius 3 is 1.30 bits per heavy atom. The first-order chi connectivity index (χ1) is 11.0. The number of hydrogen-bond acceptors (Lipinski definition) is 2. The third-order valence-corrected chi connectivity index (χ3v) is 20.0. The summed E-state index contributed by atoms with van der Waals surface area (Å²) in [6.45, 7) is 13.8. The van der Waals surface area contributed by atoms with Gasteiger partial charge in [0.1, 0.15) is 0 Å². The first-order valence-corrected chi connectivity index (χ1v) is 16.0. The van der Waals surface area contributed by atoms with E-state index in [2.05, 4.69) is 71.9 Å². The smallest absolute Gasteiger partial charge is 0.335 e. The Balaban J connectivity index is 3.13. The van der Waals surface area contributed by atoms with Crippen molar-refractivity contribution in [3.05, 3.63) is 30.3 Å². The van der Waals surface area contributed by atoms with Crippen LogP contribution in [0.4, 0.5) is 0 Å². The summed E-state index contributed by atoms with van der Waals surface area (Å²) in [6, 6.07) is 17.9. The second kappa shape index (κ2) is 9.94. The molecule has 0 N–H and O–H groups in total. The molecule has 2 nitrogen and oxygen atoms in total. The van der Waals surface area contributed by atoms with Gasteiger partial charge in [-0.25, -0.2) is 0 Å². The van der Waals surface area contributed by atoms with Gasteiger partial charge in [0.25, 0.3) is 0 Å². The molecule has 0 radical (unpaired) electrons. The predicted octanol–water partition coefficient (Wildman–Crippen LogP) is 5.16. The normalized spacial score (nSPS) is 12.8. The van der Waals surface area contributed by atoms with E-state index in [1.54, 1.807) is 0 Å². The first kappa shape index (κ1) is 20.8. The van der Waals surface area contributed by atoms with Crippen molar-refractivity contribution >= 4 is 31.1 Å². The van der Waals surface area contributed by atoms with Crippen LogP contribution in [0.1, 0.15) is 41.5 Å². The van der Waals surface area contributed by atoms with Gasteiger partial charge in [-0.05, 0) is 41.5 Å². The minimum atomic E-state index is -1.82. The summed E-state index contributed by atoms with van der Waals surface area (Å²) in [7, 11) is -5.11. The molecule has 1 aromatic carbocycles. The molecule has 0 unspecified atom stereocenters. The molecule has 0 fully saturated rings. The van der Waals surface area contributed by atoms with Gasteiger partial charge < -0.3 is 8.23 Å². The maximum absolute atomic E-state index is 6.92. The van der Waals surface area contributed by atoms with Crippen LogP contribution in [0.3, 0.4) is 0 Å². The highest BCUT2D eigenvalue weighted by Crippen LogP contribution is 2.27. The zero-order valence-corrected chi connectivity index (χ0v) is 19.2. The maximum atomic E-state index is 6.92. The summed E-state index contributed by atoms with van der Waals surface area (Å²) < 4.78 is 13.8. The fourth-order valence-electron chi connectivity index (χ4n) is 3.22. The molecular weight excluding hydrogens is 332 g/mol. The third kappa shape index (κ3) is 5.39. The Morgan fingerprint density at radius 1 is 0.652 bits per heavy atom. The highest BCUT2D eigenvalue weighted by Gasteiger charge is 2.39. The molecule has 0 saturated heterocycles. The van der Waals surface area contributed by atoms with E-state index in [9.17, 15) is 0 Å². The molecular formula is C18H36O2Si3. The number of rotatable bonds is 11. The van der Waals surface area contributed by atoms with Crippen molar-refractivity contribution in [1.82, 2.24) is 0 Å². The molecule has 0 heterocycles. The van der Waals surface area contributed by atoms with E-state index in [1.165, 1.54) is 41.5 Å². The van der Waals surface area contributed by atoms with Crippen molar-refractivity contribution in [2.24, 2.45) is 0 Å². The number of hydrogen-bond donors (Lipinski definition) is 0. The van der Waals surface area contributed by atoms with E-state index in [0.29, 0.717) is 0 Å². The zero-order valence-electron chi connectivity index (χ0n) is 16.0. The molecule has 132 valence electrons. The summed E-state index contributed by atoms with van der Waals surface area (Å²) in [4.78, 5) is 0. The van der Waals surface area contributed by atoms with Crippen LogP contribution in [0, 0.1) is 0 Å². The fourth-order valence-corrected chi connectivity index (χ4v) is 16.1. The lowest BCUT2D eigenvalue weighted by molar-refractivity contribution is 0.416. The van der Waals surface area contributed by atoms with E-state index in [1.807, 2.05) is 0 Å². The summed E-state index contributed by atoms with van der Waals surface area (Å²) in [5, 5.41) is 1.33. The van der Waals surface area contributed by atoms with Crippen LogP contribution in [0.15, 0.2) is 30.3 Å². The van der Waals surface area contributed by atoms with Crippen LogP contribution in [-0.2, 0) is 8.23 Å². The average molecular weight is 369 g/mol. The van der Waals surface area contributed by atoms with E-state index in [0.717, 1.165) is 0 Å². The molecule has 23 heavy (non-hydrogen) atoms. The van der Waals surface area contributed by atoms with E-state index >= 15 is 0 Å². The molecule has 0 spiro atoms. The monoisotopic (exact) mass is 368 g/mol. The van der Waals surface area contributed by atoms with Crippen molar-refractivity contribution in [2.75, 3.05) is 0 Å². The Labute approximate surface area is 147 Å². The van der Waals surface area contributed by atoms with E-state index < -0.39 is 25.9 Å². The Bertz CT molecular complexity index is 393. The SMILES string of the molecule is CC[Si](CC)(CC)O[SiH](O[Si](CC)(CC)CC)c1ccccc1. The first-order valence-electron chi connectivity index (χ1n) is 9.44. The lowest BCUT2D eigenvalue weighted by Crippen LogP contribution is -2.54. The van der Waals surface area contributed by atoms with Gasteiger partial charge in [0.2, 0.25) is 0 Å². The largest absolute Gasteiger partial charge is 0.435 e. The molecule has 1 rings (SSSR count). The van der Waals surface area contributed by atoms with Crippen LogP contribution in [0.25, 0.3) is 0 Å². The summed E-state index contributed by atoms with van der Waals surface area (Å²) in [5.74, 6) is 0. The Kier molecular flexibility index (Phi) is 9.00. The standard InChI is InChI=1S/C18H36O2Si3/c1-7-22(8-2,9-3)19-21(18-16-14-13-15-17-18)20-23(10-4,11-5)12-6/h13-17,21H,7-12H2,1-6H3. The van der Waals surface area contributed by atoms with Gasteiger partial charge in [-0.2, -0.15) is 0 Å². The number of benzene rings is 1. The second-order valence-corrected chi connectivity index (χ2v) is 18.7. The van der Waals surface area contributed by atoms with E-state index in [-0.39, 0.29) is 0 Å². The van der Waals surface area contributed by atoms with Crippen molar-refractivity contribution in [3.8, 4) is 0 Å². The molecule has 0 aromatic heterocycles. The van der Waals surface area contributed by atoms with Crippen LogP contribution in [0.2, 0.25) is 36.3 Å². The van der Waals surface area contributed by atoms with E-state index in [4.69, 9.17) is 8.23 Å². The Hall–Kier alpha value is -0.209. The molecule has 0 saturated carbocycles. The lowest BCUT2D eigenvalue weighted by atomic mass is 10.4. The highest BCUT2D eigenvalue weighted by atomic mass is 28.4.